The van der Waals surface area contributed by atoms with Crippen LogP contribution in [0, 0.1) is 0 Å². The third-order valence-corrected chi connectivity index (χ3v) is 7.05. The first-order valence-corrected chi connectivity index (χ1v) is 12.9. The smallest absolute Gasteiger partial charge is 0.416 e. The van der Waals surface area contributed by atoms with Gasteiger partial charge in [-0.2, -0.15) is 13.2 Å². The summed E-state index contributed by atoms with van der Waals surface area (Å²) in [6, 6.07) is 18.1. The molecule has 39 heavy (non-hydrogen) atoms. The lowest BCUT2D eigenvalue weighted by Gasteiger charge is -2.36. The number of alkyl halides is 3. The average molecular weight is 540 g/mol. The van der Waals surface area contributed by atoms with Crippen molar-refractivity contribution >= 4 is 11.9 Å². The van der Waals surface area contributed by atoms with Gasteiger partial charge in [-0.3, -0.25) is 9.59 Å². The summed E-state index contributed by atoms with van der Waals surface area (Å²) >= 11 is 0. The SMILES string of the molecule is CC(C)c1ccc(CC2(C)CCc3cc(C(=O)N(CC(=O)O)Cc4cccc(C(F)(F)F)c4)ccc3O2)cc1. The van der Waals surface area contributed by atoms with E-state index in [2.05, 4.69) is 45.0 Å². The molecule has 5 nitrogen and oxygen atoms in total. The molecule has 1 amide bonds. The van der Waals surface area contributed by atoms with Crippen LogP contribution in [0.4, 0.5) is 13.2 Å². The second-order valence-corrected chi connectivity index (χ2v) is 10.7. The molecule has 0 saturated heterocycles. The molecule has 3 aromatic rings. The van der Waals surface area contributed by atoms with Crippen LogP contribution < -0.4 is 4.74 Å². The van der Waals surface area contributed by atoms with Gasteiger partial charge in [-0.15, -0.1) is 0 Å². The van der Waals surface area contributed by atoms with Gasteiger partial charge < -0.3 is 14.7 Å². The van der Waals surface area contributed by atoms with E-state index in [0.29, 0.717) is 18.1 Å². The maximum Gasteiger partial charge on any atom is 0.416 e. The van der Waals surface area contributed by atoms with Gasteiger partial charge in [0.25, 0.3) is 5.91 Å². The Kier molecular flexibility index (Phi) is 8.04. The van der Waals surface area contributed by atoms with Crippen LogP contribution in [0.2, 0.25) is 0 Å². The van der Waals surface area contributed by atoms with Crippen molar-refractivity contribution in [1.82, 2.24) is 4.90 Å². The van der Waals surface area contributed by atoms with Crippen LogP contribution in [0.25, 0.3) is 0 Å². The highest BCUT2D eigenvalue weighted by Gasteiger charge is 2.33. The predicted molar refractivity (Wildman–Crippen MR) is 142 cm³/mol. The highest BCUT2D eigenvalue weighted by Crippen LogP contribution is 2.36. The fourth-order valence-corrected chi connectivity index (χ4v) is 4.91. The van der Waals surface area contributed by atoms with Crippen molar-refractivity contribution in [2.75, 3.05) is 6.54 Å². The number of aliphatic carboxylic acids is 1. The monoisotopic (exact) mass is 539 g/mol. The van der Waals surface area contributed by atoms with E-state index in [9.17, 15) is 27.9 Å². The number of hydrogen-bond donors (Lipinski definition) is 1. The molecule has 4 rings (SSSR count). The lowest BCUT2D eigenvalue weighted by atomic mass is 9.86. The molecule has 1 N–H and O–H groups in total. The minimum absolute atomic E-state index is 0.193. The Hall–Kier alpha value is -3.81. The molecule has 1 aliphatic rings. The van der Waals surface area contributed by atoms with E-state index in [0.717, 1.165) is 35.4 Å². The molecule has 1 aliphatic heterocycles. The van der Waals surface area contributed by atoms with Gasteiger partial charge in [-0.05, 0) is 78.3 Å². The molecule has 0 radical (unpaired) electrons. The number of carbonyl (C=O) groups excluding carboxylic acids is 1. The highest BCUT2D eigenvalue weighted by molar-refractivity contribution is 5.96. The molecule has 0 saturated carbocycles. The van der Waals surface area contributed by atoms with Gasteiger partial charge >= 0.3 is 12.1 Å². The second-order valence-electron chi connectivity index (χ2n) is 10.7. The van der Waals surface area contributed by atoms with Crippen molar-refractivity contribution in [3.8, 4) is 5.75 Å². The van der Waals surface area contributed by atoms with Crippen LogP contribution >= 0.6 is 0 Å². The third kappa shape index (κ3) is 6.99. The van der Waals surface area contributed by atoms with Gasteiger partial charge in [0, 0.05) is 18.5 Å². The number of aryl methyl sites for hydroxylation is 1. The zero-order valence-corrected chi connectivity index (χ0v) is 22.2. The number of carbonyl (C=O) groups is 2. The van der Waals surface area contributed by atoms with Crippen LogP contribution in [0.5, 0.6) is 5.75 Å². The number of carboxylic acid groups (broad SMARTS) is 1. The molecular weight excluding hydrogens is 507 g/mol. The van der Waals surface area contributed by atoms with E-state index in [1.807, 2.05) is 0 Å². The van der Waals surface area contributed by atoms with Crippen molar-refractivity contribution in [3.63, 3.8) is 0 Å². The Morgan fingerprint density at radius 3 is 2.38 bits per heavy atom. The molecule has 0 aliphatic carbocycles. The Labute approximate surface area is 226 Å². The van der Waals surface area contributed by atoms with E-state index in [4.69, 9.17) is 4.74 Å². The quantitative estimate of drug-likeness (QED) is 0.339. The number of carboxylic acids is 1. The van der Waals surface area contributed by atoms with Gasteiger partial charge in [-0.1, -0.05) is 50.2 Å². The number of amides is 1. The molecule has 3 aromatic carbocycles. The summed E-state index contributed by atoms with van der Waals surface area (Å²) in [5, 5.41) is 9.36. The standard InChI is InChI=1S/C31H32F3NO4/c1-20(2)23-9-7-21(8-10-23)17-30(3)14-13-24-16-25(11-12-27(24)39-30)29(38)35(19-28(36)37)18-22-5-4-6-26(15-22)31(32,33)34/h4-12,15-16,20H,13-14,17-19H2,1-3H3,(H,36,37). The van der Waals surface area contributed by atoms with Crippen LogP contribution in [-0.4, -0.2) is 34.0 Å². The lowest BCUT2D eigenvalue weighted by Crippen LogP contribution is -2.39. The first-order valence-electron chi connectivity index (χ1n) is 12.9. The highest BCUT2D eigenvalue weighted by atomic mass is 19.4. The van der Waals surface area contributed by atoms with Crippen molar-refractivity contribution in [2.45, 2.75) is 64.3 Å². The number of rotatable bonds is 8. The Balaban J connectivity index is 1.50. The molecular formula is C31H32F3NO4. The maximum atomic E-state index is 13.3. The summed E-state index contributed by atoms with van der Waals surface area (Å²) in [5.41, 5.74) is 2.47. The molecule has 0 aromatic heterocycles. The second kappa shape index (κ2) is 11.1. The van der Waals surface area contributed by atoms with Crippen LogP contribution in [0.1, 0.15) is 71.3 Å². The van der Waals surface area contributed by atoms with Crippen molar-refractivity contribution in [3.05, 3.63) is 100 Å². The van der Waals surface area contributed by atoms with Gasteiger partial charge in [0.2, 0.25) is 0 Å². The van der Waals surface area contributed by atoms with Gasteiger partial charge in [0.05, 0.1) is 5.56 Å². The topological polar surface area (TPSA) is 66.8 Å². The summed E-state index contributed by atoms with van der Waals surface area (Å²) in [7, 11) is 0. The maximum absolute atomic E-state index is 13.3. The zero-order valence-electron chi connectivity index (χ0n) is 22.2. The minimum Gasteiger partial charge on any atom is -0.487 e. The number of hydrogen-bond acceptors (Lipinski definition) is 3. The van der Waals surface area contributed by atoms with Crippen LogP contribution in [0.3, 0.4) is 0 Å². The number of fused-ring (bicyclic) bond motifs is 1. The normalized spacial score (nSPS) is 16.9. The number of nitrogens with zero attached hydrogens (tertiary/aromatic N) is 1. The molecule has 8 heteroatoms. The molecule has 0 fully saturated rings. The average Bonchev–Trinajstić information content (AvgIpc) is 2.87. The number of benzene rings is 3. The summed E-state index contributed by atoms with van der Waals surface area (Å²) in [6.07, 6.45) is -2.41. The largest absolute Gasteiger partial charge is 0.487 e. The fourth-order valence-electron chi connectivity index (χ4n) is 4.91. The fraction of sp³-hybridized carbons (Fsp3) is 0.355. The Bertz CT molecular complexity index is 1350. The van der Waals surface area contributed by atoms with Crippen LogP contribution in [0.15, 0.2) is 66.7 Å². The first-order chi connectivity index (χ1) is 18.3. The van der Waals surface area contributed by atoms with Crippen LogP contribution in [-0.2, 0) is 30.4 Å². The molecule has 0 bridgehead atoms. The van der Waals surface area contributed by atoms with Crippen molar-refractivity contribution in [2.24, 2.45) is 0 Å². The van der Waals surface area contributed by atoms with Gasteiger partial charge in [-0.25, -0.2) is 0 Å². The number of ether oxygens (including phenoxy) is 1. The van der Waals surface area contributed by atoms with Crippen molar-refractivity contribution < 1.29 is 32.6 Å². The van der Waals surface area contributed by atoms with E-state index >= 15 is 0 Å². The van der Waals surface area contributed by atoms with E-state index in [1.165, 1.54) is 23.3 Å². The lowest BCUT2D eigenvalue weighted by molar-refractivity contribution is -0.139. The summed E-state index contributed by atoms with van der Waals surface area (Å²) in [6.45, 7) is 5.47. The molecule has 1 atom stereocenters. The molecule has 0 spiro atoms. The Morgan fingerprint density at radius 1 is 1.03 bits per heavy atom. The first kappa shape index (κ1) is 28.2. The van der Waals surface area contributed by atoms with E-state index in [1.54, 1.807) is 18.2 Å². The zero-order chi connectivity index (χ0) is 28.4. The van der Waals surface area contributed by atoms with E-state index < -0.39 is 35.8 Å². The van der Waals surface area contributed by atoms with Gasteiger partial charge in [0.15, 0.2) is 0 Å². The summed E-state index contributed by atoms with van der Waals surface area (Å²) in [4.78, 5) is 25.8. The third-order valence-electron chi connectivity index (χ3n) is 7.05. The molecule has 1 heterocycles. The number of halogens is 3. The molecule has 206 valence electrons. The summed E-state index contributed by atoms with van der Waals surface area (Å²) < 4.78 is 45.8. The van der Waals surface area contributed by atoms with Gasteiger partial charge in [0.1, 0.15) is 17.9 Å². The predicted octanol–water partition coefficient (Wildman–Crippen LogP) is 6.88. The minimum atomic E-state index is -4.54. The molecule has 1 unspecified atom stereocenters. The van der Waals surface area contributed by atoms with Crippen molar-refractivity contribution in [1.29, 1.82) is 0 Å². The Morgan fingerprint density at radius 2 is 1.74 bits per heavy atom. The summed E-state index contributed by atoms with van der Waals surface area (Å²) in [5.74, 6) is -0.701. The van der Waals surface area contributed by atoms with E-state index in [-0.39, 0.29) is 17.7 Å².